The van der Waals surface area contributed by atoms with Crippen molar-refractivity contribution < 1.29 is 14.3 Å². The molecule has 1 fully saturated rings. The van der Waals surface area contributed by atoms with Crippen molar-refractivity contribution in [2.45, 2.75) is 13.3 Å². The first-order valence-corrected chi connectivity index (χ1v) is 8.03. The van der Waals surface area contributed by atoms with Crippen molar-refractivity contribution >= 4 is 11.8 Å². The number of carbonyl (C=O) groups is 2. The lowest BCUT2D eigenvalue weighted by Crippen LogP contribution is -2.43. The van der Waals surface area contributed by atoms with Crippen LogP contribution >= 0.6 is 0 Å². The second-order valence-corrected chi connectivity index (χ2v) is 5.68. The highest BCUT2D eigenvalue weighted by molar-refractivity contribution is 5.85. The van der Waals surface area contributed by atoms with Crippen LogP contribution < -0.4 is 10.6 Å². The van der Waals surface area contributed by atoms with Gasteiger partial charge in [0.15, 0.2) is 0 Å². The molecule has 1 aliphatic heterocycles. The molecule has 0 unspecified atom stereocenters. The second-order valence-electron chi connectivity index (χ2n) is 5.68. The molecular formula is C17H25N3O3. The quantitative estimate of drug-likeness (QED) is 0.748. The third-order valence-corrected chi connectivity index (χ3v) is 3.91. The minimum absolute atomic E-state index is 0.0217. The Morgan fingerprint density at radius 3 is 2.61 bits per heavy atom. The maximum atomic E-state index is 11.9. The van der Waals surface area contributed by atoms with E-state index in [1.807, 2.05) is 31.2 Å². The summed E-state index contributed by atoms with van der Waals surface area (Å²) in [5.41, 5.74) is 2.07. The predicted octanol–water partition coefficient (Wildman–Crippen LogP) is 0.102. The van der Waals surface area contributed by atoms with Gasteiger partial charge in [0.2, 0.25) is 11.8 Å². The molecule has 6 heteroatoms. The van der Waals surface area contributed by atoms with Crippen molar-refractivity contribution in [3.63, 3.8) is 0 Å². The van der Waals surface area contributed by atoms with Crippen LogP contribution in [0.5, 0.6) is 0 Å². The molecule has 1 aliphatic rings. The first kappa shape index (κ1) is 17.4. The van der Waals surface area contributed by atoms with Crippen molar-refractivity contribution in [2.75, 3.05) is 45.9 Å². The summed E-state index contributed by atoms with van der Waals surface area (Å²) in [6.07, 6.45) is 0.299. The van der Waals surface area contributed by atoms with Crippen LogP contribution in [-0.2, 0) is 20.7 Å². The van der Waals surface area contributed by atoms with E-state index in [2.05, 4.69) is 15.5 Å². The van der Waals surface area contributed by atoms with E-state index in [0.29, 0.717) is 13.0 Å². The molecular weight excluding hydrogens is 294 g/mol. The van der Waals surface area contributed by atoms with Gasteiger partial charge in [-0.3, -0.25) is 14.5 Å². The van der Waals surface area contributed by atoms with E-state index in [1.54, 1.807) is 0 Å². The van der Waals surface area contributed by atoms with E-state index in [-0.39, 0.29) is 18.4 Å². The molecule has 1 aromatic rings. The molecule has 0 radical (unpaired) electrons. The van der Waals surface area contributed by atoms with Gasteiger partial charge in [-0.15, -0.1) is 0 Å². The Balaban J connectivity index is 1.60. The van der Waals surface area contributed by atoms with Gasteiger partial charge in [-0.1, -0.05) is 24.3 Å². The zero-order valence-corrected chi connectivity index (χ0v) is 13.6. The van der Waals surface area contributed by atoms with Crippen LogP contribution in [0.3, 0.4) is 0 Å². The number of rotatable bonds is 7. The Bertz CT molecular complexity index is 528. The Labute approximate surface area is 137 Å². The van der Waals surface area contributed by atoms with E-state index < -0.39 is 0 Å². The van der Waals surface area contributed by atoms with Crippen LogP contribution in [0.4, 0.5) is 0 Å². The molecule has 0 aliphatic carbocycles. The highest BCUT2D eigenvalue weighted by atomic mass is 16.5. The predicted molar refractivity (Wildman–Crippen MR) is 88.2 cm³/mol. The van der Waals surface area contributed by atoms with Crippen LogP contribution in [0.15, 0.2) is 24.3 Å². The van der Waals surface area contributed by atoms with Crippen molar-refractivity contribution in [1.82, 2.24) is 15.5 Å². The second kappa shape index (κ2) is 9.27. The highest BCUT2D eigenvalue weighted by Crippen LogP contribution is 2.07. The number of ether oxygens (including phenoxy) is 1. The lowest BCUT2D eigenvalue weighted by atomic mass is 10.1. The number of nitrogens with one attached hydrogen (secondary N) is 2. The van der Waals surface area contributed by atoms with Crippen LogP contribution in [0.25, 0.3) is 0 Å². The Kier molecular flexibility index (Phi) is 7.03. The molecule has 2 N–H and O–H groups in total. The van der Waals surface area contributed by atoms with Crippen LogP contribution in [0.1, 0.15) is 11.1 Å². The van der Waals surface area contributed by atoms with Gasteiger partial charge in [-0.25, -0.2) is 0 Å². The van der Waals surface area contributed by atoms with Crippen LogP contribution in [0.2, 0.25) is 0 Å². The Morgan fingerprint density at radius 1 is 1.13 bits per heavy atom. The monoisotopic (exact) mass is 319 g/mol. The minimum atomic E-state index is -0.156. The third-order valence-electron chi connectivity index (χ3n) is 3.91. The third kappa shape index (κ3) is 6.38. The minimum Gasteiger partial charge on any atom is -0.379 e. The number of carbonyl (C=O) groups excluding carboxylic acids is 2. The summed E-state index contributed by atoms with van der Waals surface area (Å²) < 4.78 is 5.27. The van der Waals surface area contributed by atoms with Crippen molar-refractivity contribution in [1.29, 1.82) is 0 Å². The summed E-state index contributed by atoms with van der Waals surface area (Å²) in [6.45, 7) is 6.71. The molecule has 0 atom stereocenters. The van der Waals surface area contributed by atoms with Gasteiger partial charge in [-0.05, 0) is 18.1 Å². The zero-order valence-electron chi connectivity index (χ0n) is 13.6. The maximum absolute atomic E-state index is 11.9. The van der Waals surface area contributed by atoms with Gasteiger partial charge < -0.3 is 15.4 Å². The van der Waals surface area contributed by atoms with E-state index in [1.165, 1.54) is 0 Å². The van der Waals surface area contributed by atoms with Gasteiger partial charge in [0, 0.05) is 26.2 Å². The molecule has 0 bridgehead atoms. The van der Waals surface area contributed by atoms with Gasteiger partial charge >= 0.3 is 0 Å². The molecule has 126 valence electrons. The summed E-state index contributed by atoms with van der Waals surface area (Å²) >= 11 is 0. The van der Waals surface area contributed by atoms with Gasteiger partial charge in [0.25, 0.3) is 0 Å². The first-order valence-electron chi connectivity index (χ1n) is 8.03. The van der Waals surface area contributed by atoms with Crippen molar-refractivity contribution in [3.8, 4) is 0 Å². The summed E-state index contributed by atoms with van der Waals surface area (Å²) in [4.78, 5) is 25.9. The highest BCUT2D eigenvalue weighted by Gasteiger charge is 2.11. The van der Waals surface area contributed by atoms with Crippen molar-refractivity contribution in [3.05, 3.63) is 35.4 Å². The summed E-state index contributed by atoms with van der Waals surface area (Å²) in [7, 11) is 0. The molecule has 2 rings (SSSR count). The topological polar surface area (TPSA) is 70.7 Å². The maximum Gasteiger partial charge on any atom is 0.239 e. The van der Waals surface area contributed by atoms with E-state index in [0.717, 1.165) is 44.0 Å². The molecule has 2 amide bonds. The normalized spacial score (nSPS) is 15.2. The van der Waals surface area contributed by atoms with Gasteiger partial charge in [-0.2, -0.15) is 0 Å². The molecule has 1 saturated heterocycles. The molecule has 0 aromatic heterocycles. The molecule has 6 nitrogen and oxygen atoms in total. The molecule has 0 saturated carbocycles. The summed E-state index contributed by atoms with van der Waals surface area (Å²) in [6, 6.07) is 7.75. The molecule has 1 aromatic carbocycles. The van der Waals surface area contributed by atoms with Gasteiger partial charge in [0.1, 0.15) is 0 Å². The zero-order chi connectivity index (χ0) is 16.5. The number of benzene rings is 1. The number of amides is 2. The number of hydrogen-bond acceptors (Lipinski definition) is 4. The van der Waals surface area contributed by atoms with E-state index in [9.17, 15) is 9.59 Å². The fourth-order valence-electron chi connectivity index (χ4n) is 2.46. The Hall–Kier alpha value is -1.92. The number of nitrogens with zero attached hydrogens (tertiary/aromatic N) is 1. The largest absolute Gasteiger partial charge is 0.379 e. The standard InChI is InChI=1S/C17H25N3O3/c1-14-4-2-3-5-15(14)12-16(21)19-13-17(22)18-6-7-20-8-10-23-11-9-20/h2-5H,6-13H2,1H3,(H,18,22)(H,19,21). The van der Waals surface area contributed by atoms with E-state index in [4.69, 9.17) is 4.74 Å². The average molecular weight is 319 g/mol. The average Bonchev–Trinajstić information content (AvgIpc) is 2.56. The summed E-state index contributed by atoms with van der Waals surface area (Å²) in [5, 5.41) is 5.49. The first-order chi connectivity index (χ1) is 11.1. The molecule has 1 heterocycles. The van der Waals surface area contributed by atoms with Crippen LogP contribution in [-0.4, -0.2) is 62.7 Å². The lowest BCUT2D eigenvalue weighted by molar-refractivity contribution is -0.125. The van der Waals surface area contributed by atoms with Gasteiger partial charge in [0.05, 0.1) is 26.2 Å². The Morgan fingerprint density at radius 2 is 1.87 bits per heavy atom. The SMILES string of the molecule is Cc1ccccc1CC(=O)NCC(=O)NCCN1CCOCC1. The smallest absolute Gasteiger partial charge is 0.239 e. The fraction of sp³-hybridized carbons (Fsp3) is 0.529. The fourth-order valence-corrected chi connectivity index (χ4v) is 2.46. The van der Waals surface area contributed by atoms with Crippen LogP contribution in [0, 0.1) is 6.92 Å². The summed E-state index contributed by atoms with van der Waals surface area (Å²) in [5.74, 6) is -0.293. The number of aryl methyl sites for hydroxylation is 1. The lowest BCUT2D eigenvalue weighted by Gasteiger charge is -2.26. The van der Waals surface area contributed by atoms with E-state index >= 15 is 0 Å². The van der Waals surface area contributed by atoms with Crippen molar-refractivity contribution in [2.24, 2.45) is 0 Å². The number of hydrogen-bond donors (Lipinski definition) is 2. The molecule has 23 heavy (non-hydrogen) atoms. The number of morpholine rings is 1. The molecule has 0 spiro atoms.